The van der Waals surface area contributed by atoms with E-state index in [9.17, 15) is 19.0 Å². The van der Waals surface area contributed by atoms with E-state index in [1.54, 1.807) is 16.4 Å². The van der Waals surface area contributed by atoms with Gasteiger partial charge in [0.2, 0.25) is 0 Å². The number of hydrogen-bond donors (Lipinski definition) is 6. The maximum atomic E-state index is 13.8. The number of hydrogen-bond acceptors (Lipinski definition) is 7. The van der Waals surface area contributed by atoms with Crippen LogP contribution in [0.15, 0.2) is 72.8 Å². The number of nitrogens with zero attached hydrogens (tertiary/aromatic N) is 1. The highest BCUT2D eigenvalue weighted by Crippen LogP contribution is 2.50. The molecule has 8 nitrogen and oxygen atoms in total. The van der Waals surface area contributed by atoms with Crippen molar-refractivity contribution in [1.29, 1.82) is 0 Å². The van der Waals surface area contributed by atoms with Gasteiger partial charge >= 0.3 is 0 Å². The van der Waals surface area contributed by atoms with Crippen molar-refractivity contribution in [2.45, 2.75) is 63.1 Å². The Morgan fingerprint density at radius 2 is 1.79 bits per heavy atom. The van der Waals surface area contributed by atoms with Crippen molar-refractivity contribution in [2.24, 2.45) is 0 Å². The number of aliphatic hydroxyl groups is 1. The molecule has 0 bridgehead atoms. The summed E-state index contributed by atoms with van der Waals surface area (Å²) < 4.78 is 23.1. The lowest BCUT2D eigenvalue weighted by Crippen LogP contribution is -2.51. The summed E-state index contributed by atoms with van der Waals surface area (Å²) in [5.41, 5.74) is 3.80. The molecule has 232 valence electrons. The van der Waals surface area contributed by atoms with E-state index in [4.69, 9.17) is 11.6 Å². The van der Waals surface area contributed by atoms with Crippen molar-refractivity contribution in [3.8, 4) is 0 Å². The van der Waals surface area contributed by atoms with E-state index in [2.05, 4.69) is 22.0 Å². The fourth-order valence-electron chi connectivity index (χ4n) is 5.77. The summed E-state index contributed by atoms with van der Waals surface area (Å²) in [5.74, 6) is -0.00793. The molecule has 6 N–H and O–H groups in total. The summed E-state index contributed by atoms with van der Waals surface area (Å²) in [6.45, 7) is 3.46. The average Bonchev–Trinajstić information content (AvgIpc) is 3.75. The van der Waals surface area contributed by atoms with Gasteiger partial charge in [0.1, 0.15) is 0 Å². The van der Waals surface area contributed by atoms with Crippen molar-refractivity contribution in [3.05, 3.63) is 94.5 Å². The predicted molar refractivity (Wildman–Crippen MR) is 177 cm³/mol. The number of carbonyl (C=O) groups is 1. The second kappa shape index (κ2) is 13.9. The molecule has 1 heterocycles. The molecule has 3 aromatic carbocycles. The first-order chi connectivity index (χ1) is 20.7. The first-order valence-electron chi connectivity index (χ1n) is 15.1. The third-order valence-electron chi connectivity index (χ3n) is 8.28. The van der Waals surface area contributed by atoms with Crippen LogP contribution < -0.4 is 20.3 Å². The highest BCUT2D eigenvalue weighted by atomic mass is 35.5. The molecular formula is C33H43ClN4O4S. The number of carbonyl (C=O) groups excluding carboxylic acids is 1. The van der Waals surface area contributed by atoms with Crippen LogP contribution in [0.25, 0.3) is 0 Å². The quantitative estimate of drug-likeness (QED) is 0.136. The molecule has 1 saturated heterocycles. The largest absolute Gasteiger partial charge is 0.390 e. The Labute approximate surface area is 261 Å². The van der Waals surface area contributed by atoms with Gasteiger partial charge in [0.05, 0.1) is 23.6 Å². The first-order valence-corrected chi connectivity index (χ1v) is 17.2. The zero-order chi connectivity index (χ0) is 30.5. The maximum Gasteiger partial charge on any atom is 0.251 e. The van der Waals surface area contributed by atoms with E-state index in [1.165, 1.54) is 0 Å². The summed E-state index contributed by atoms with van der Waals surface area (Å²) in [4.78, 5) is 13.8. The molecule has 2 aliphatic rings. The van der Waals surface area contributed by atoms with Crippen LogP contribution in [0.3, 0.4) is 0 Å². The lowest BCUT2D eigenvalue weighted by Gasteiger charge is -2.47. The number of anilines is 2. The molecule has 1 aliphatic heterocycles. The first kappa shape index (κ1) is 31.6. The zero-order valence-electron chi connectivity index (χ0n) is 24.6. The number of β-amino-alcohol motifs (C(OH)–C–C–N with tert-alkyl or cyclic N) is 1. The maximum absolute atomic E-state index is 13.8. The fraction of sp³-hybridized carbons (Fsp3) is 0.424. The lowest BCUT2D eigenvalue weighted by molar-refractivity contribution is 0.0822. The molecule has 43 heavy (non-hydrogen) atoms. The predicted octanol–water partition coefficient (Wildman–Crippen LogP) is 6.10. The molecule has 2 atom stereocenters. The second-order valence-electron chi connectivity index (χ2n) is 11.7. The Hall–Kier alpha value is -2.79. The Kier molecular flexibility index (Phi) is 10.2. The van der Waals surface area contributed by atoms with Crippen LogP contribution in [0.1, 0.15) is 54.1 Å². The van der Waals surface area contributed by atoms with E-state index in [0.717, 1.165) is 48.9 Å². The number of benzene rings is 3. The third kappa shape index (κ3) is 8.44. The van der Waals surface area contributed by atoms with Gasteiger partial charge in [0, 0.05) is 41.4 Å². The van der Waals surface area contributed by atoms with Gasteiger partial charge in [-0.15, -0.1) is 10.8 Å². The van der Waals surface area contributed by atoms with Gasteiger partial charge in [0.25, 0.3) is 5.91 Å². The Morgan fingerprint density at radius 1 is 1.02 bits per heavy atom. The minimum atomic E-state index is -2.95. The molecule has 1 aliphatic carbocycles. The summed E-state index contributed by atoms with van der Waals surface area (Å²) >= 11 is 6.20. The molecule has 1 amide bonds. The minimum absolute atomic E-state index is 0.0834. The fourth-order valence-corrected chi connectivity index (χ4v) is 7.66. The van der Waals surface area contributed by atoms with E-state index < -0.39 is 22.9 Å². The number of nitrogens with one attached hydrogen (secondary N) is 3. The van der Waals surface area contributed by atoms with Gasteiger partial charge < -0.3 is 21.1 Å². The standard InChI is InChI=1S/C33H43ClN4O4S/c1-2-35-28-19-26(20-29(21-28)38-15-6-7-16-43(38,41)42)32(40)37-30(18-24-9-4-3-5-10-24)31(39)23-36-33(13-14-33)22-25-11-8-12-27(34)17-25/h3-5,8-12,17,19-21,30-31,35-36,39,41-42H,2,6-7,13-16,18,22-23H2,1H3,(H,37,40)/t30-,31-/m0/s1. The topological polar surface area (TPSA) is 117 Å². The van der Waals surface area contributed by atoms with Crippen LogP contribution in [0, 0.1) is 0 Å². The van der Waals surface area contributed by atoms with Crippen molar-refractivity contribution >= 4 is 39.7 Å². The van der Waals surface area contributed by atoms with Crippen LogP contribution in [0.5, 0.6) is 0 Å². The Balaban J connectivity index is 1.33. The van der Waals surface area contributed by atoms with Crippen LogP contribution >= 0.6 is 22.4 Å². The molecule has 2 fully saturated rings. The SMILES string of the molecule is CCNc1cc(C(=O)N[C@@H](Cc2ccccc2)[C@@H](O)CNC2(Cc3cccc(Cl)c3)CC2)cc(N2CCCCS2(O)O)c1. The van der Waals surface area contributed by atoms with Gasteiger partial charge in [-0.1, -0.05) is 54.1 Å². The van der Waals surface area contributed by atoms with Crippen LogP contribution in [0.2, 0.25) is 5.02 Å². The molecule has 0 unspecified atom stereocenters. The van der Waals surface area contributed by atoms with Gasteiger partial charge in [0.15, 0.2) is 0 Å². The number of rotatable bonds is 13. The van der Waals surface area contributed by atoms with Gasteiger partial charge in [-0.2, -0.15) is 0 Å². The van der Waals surface area contributed by atoms with Crippen LogP contribution in [0.4, 0.5) is 11.4 Å². The summed E-state index contributed by atoms with van der Waals surface area (Å²) in [5, 5.41) is 22.1. The smallest absolute Gasteiger partial charge is 0.251 e. The molecule has 0 radical (unpaired) electrons. The van der Waals surface area contributed by atoms with Gasteiger partial charge in [-0.05, 0) is 86.9 Å². The Morgan fingerprint density at radius 3 is 2.49 bits per heavy atom. The van der Waals surface area contributed by atoms with E-state index in [1.807, 2.05) is 61.5 Å². The normalized spacial score (nSPS) is 19.2. The number of halogens is 1. The van der Waals surface area contributed by atoms with Crippen molar-refractivity contribution in [2.75, 3.05) is 35.0 Å². The van der Waals surface area contributed by atoms with E-state index >= 15 is 0 Å². The molecule has 5 rings (SSSR count). The van der Waals surface area contributed by atoms with Crippen LogP contribution in [-0.4, -0.2) is 63.2 Å². The lowest BCUT2D eigenvalue weighted by atomic mass is 9.99. The highest BCUT2D eigenvalue weighted by Gasteiger charge is 2.42. The highest BCUT2D eigenvalue weighted by molar-refractivity contribution is 8.25. The monoisotopic (exact) mass is 626 g/mol. The Bertz CT molecular complexity index is 1390. The molecular weight excluding hydrogens is 584 g/mol. The van der Waals surface area contributed by atoms with Crippen molar-refractivity contribution < 1.29 is 19.0 Å². The third-order valence-corrected chi connectivity index (χ3v) is 10.5. The molecule has 0 spiro atoms. The molecule has 10 heteroatoms. The van der Waals surface area contributed by atoms with Crippen molar-refractivity contribution in [3.63, 3.8) is 0 Å². The zero-order valence-corrected chi connectivity index (χ0v) is 26.2. The minimum Gasteiger partial charge on any atom is -0.390 e. The van der Waals surface area contributed by atoms with Crippen LogP contribution in [-0.2, 0) is 12.8 Å². The van der Waals surface area contributed by atoms with E-state index in [-0.39, 0.29) is 11.4 Å². The molecule has 3 aromatic rings. The summed E-state index contributed by atoms with van der Waals surface area (Å²) in [6, 6.07) is 22.5. The van der Waals surface area contributed by atoms with Gasteiger partial charge in [-0.25, -0.2) is 0 Å². The molecule has 1 saturated carbocycles. The van der Waals surface area contributed by atoms with Crippen molar-refractivity contribution in [1.82, 2.24) is 10.6 Å². The summed E-state index contributed by atoms with van der Waals surface area (Å²) in [6.07, 6.45) is 4.07. The van der Waals surface area contributed by atoms with E-state index in [0.29, 0.717) is 48.1 Å². The van der Waals surface area contributed by atoms with Gasteiger partial charge in [-0.3, -0.25) is 18.2 Å². The average molecular weight is 627 g/mol. The molecule has 0 aromatic heterocycles. The number of amides is 1. The summed E-state index contributed by atoms with van der Waals surface area (Å²) in [7, 11) is -2.95. The second-order valence-corrected chi connectivity index (χ2v) is 14.3. The number of aliphatic hydroxyl groups excluding tert-OH is 1.